The van der Waals surface area contributed by atoms with E-state index in [9.17, 15) is 4.79 Å². The van der Waals surface area contributed by atoms with Crippen LogP contribution in [0.4, 0.5) is 0 Å². The number of rotatable bonds is 11. The molecule has 0 saturated carbocycles. The zero-order chi connectivity index (χ0) is 20.2. The molecule has 7 heteroatoms. The highest BCUT2D eigenvalue weighted by Gasteiger charge is 2.06. The number of carbonyl (C=O) groups excluding carboxylic acids is 1. The van der Waals surface area contributed by atoms with E-state index in [-0.39, 0.29) is 5.91 Å². The number of carbonyl (C=O) groups is 1. The molecule has 0 fully saturated rings. The van der Waals surface area contributed by atoms with Gasteiger partial charge in [0, 0.05) is 10.2 Å². The molecule has 2 aromatic rings. The second-order valence-electron chi connectivity index (χ2n) is 5.87. The fourth-order valence-electron chi connectivity index (χ4n) is 2.28. The standard InChI is InChI=1S/C21H25BrN2O3S/c1-3-11-27-19-10-9-16(12-20(19)26-4-2)13-23-24-21(25)15-28-14-17-7-5-6-8-18(17)22/h5-10,12-13H,3-4,11,14-15H2,1-2H3,(H,24,25). The molecular formula is C21H25BrN2O3S. The monoisotopic (exact) mass is 464 g/mol. The van der Waals surface area contributed by atoms with Gasteiger partial charge in [-0.25, -0.2) is 5.43 Å². The van der Waals surface area contributed by atoms with Gasteiger partial charge in [-0.15, -0.1) is 11.8 Å². The van der Waals surface area contributed by atoms with Gasteiger partial charge in [-0.2, -0.15) is 5.10 Å². The maximum Gasteiger partial charge on any atom is 0.250 e. The van der Waals surface area contributed by atoms with Crippen molar-refractivity contribution in [3.8, 4) is 11.5 Å². The van der Waals surface area contributed by atoms with Gasteiger partial charge in [0.1, 0.15) is 0 Å². The normalized spacial score (nSPS) is 10.8. The Kier molecular flexibility index (Phi) is 9.93. The Morgan fingerprint density at radius 1 is 1.18 bits per heavy atom. The molecule has 0 unspecified atom stereocenters. The van der Waals surface area contributed by atoms with Crippen LogP contribution in [0, 0.1) is 0 Å². The van der Waals surface area contributed by atoms with Crippen LogP contribution >= 0.6 is 27.7 Å². The van der Waals surface area contributed by atoms with Gasteiger partial charge in [0.05, 0.1) is 25.2 Å². The number of thioether (sulfide) groups is 1. The van der Waals surface area contributed by atoms with E-state index < -0.39 is 0 Å². The average Bonchev–Trinajstić information content (AvgIpc) is 2.69. The van der Waals surface area contributed by atoms with Crippen LogP contribution < -0.4 is 14.9 Å². The summed E-state index contributed by atoms with van der Waals surface area (Å²) in [5, 5.41) is 4.03. The predicted octanol–water partition coefficient (Wildman–Crippen LogP) is 5.02. The first-order chi connectivity index (χ1) is 13.6. The van der Waals surface area contributed by atoms with Crippen LogP contribution in [0.2, 0.25) is 0 Å². The summed E-state index contributed by atoms with van der Waals surface area (Å²) in [6.45, 7) is 5.17. The van der Waals surface area contributed by atoms with E-state index >= 15 is 0 Å². The summed E-state index contributed by atoms with van der Waals surface area (Å²) in [5.41, 5.74) is 4.55. The maximum atomic E-state index is 11.9. The number of nitrogens with one attached hydrogen (secondary N) is 1. The lowest BCUT2D eigenvalue weighted by Crippen LogP contribution is -2.19. The summed E-state index contributed by atoms with van der Waals surface area (Å²) < 4.78 is 12.4. The van der Waals surface area contributed by atoms with Gasteiger partial charge in [-0.05, 0) is 48.7 Å². The van der Waals surface area contributed by atoms with E-state index in [0.29, 0.717) is 30.5 Å². The molecule has 0 spiro atoms. The zero-order valence-electron chi connectivity index (χ0n) is 16.1. The van der Waals surface area contributed by atoms with Crippen LogP contribution in [0.15, 0.2) is 52.0 Å². The van der Waals surface area contributed by atoms with Crippen LogP contribution in [0.5, 0.6) is 11.5 Å². The van der Waals surface area contributed by atoms with E-state index in [1.165, 1.54) is 0 Å². The highest BCUT2D eigenvalue weighted by atomic mass is 79.9. The van der Waals surface area contributed by atoms with E-state index in [0.717, 1.165) is 27.8 Å². The number of ether oxygens (including phenoxy) is 2. The van der Waals surface area contributed by atoms with Crippen molar-refractivity contribution >= 4 is 39.8 Å². The molecule has 0 atom stereocenters. The molecule has 0 aromatic heterocycles. The summed E-state index contributed by atoms with van der Waals surface area (Å²) in [7, 11) is 0. The van der Waals surface area contributed by atoms with E-state index in [4.69, 9.17) is 9.47 Å². The predicted molar refractivity (Wildman–Crippen MR) is 119 cm³/mol. The van der Waals surface area contributed by atoms with E-state index in [1.807, 2.05) is 49.4 Å². The van der Waals surface area contributed by atoms with Crippen LogP contribution in [-0.4, -0.2) is 31.1 Å². The highest BCUT2D eigenvalue weighted by Crippen LogP contribution is 2.28. The van der Waals surface area contributed by atoms with Crippen LogP contribution in [0.3, 0.4) is 0 Å². The third-order valence-corrected chi connectivity index (χ3v) is 5.34. The molecule has 28 heavy (non-hydrogen) atoms. The Morgan fingerprint density at radius 3 is 2.75 bits per heavy atom. The van der Waals surface area contributed by atoms with Crippen molar-refractivity contribution in [1.82, 2.24) is 5.43 Å². The molecule has 0 aliphatic rings. The van der Waals surface area contributed by atoms with Gasteiger partial charge in [-0.1, -0.05) is 41.1 Å². The molecule has 150 valence electrons. The molecule has 0 radical (unpaired) electrons. The highest BCUT2D eigenvalue weighted by molar-refractivity contribution is 9.10. The Hall–Kier alpha value is -1.99. The number of hydrazone groups is 1. The van der Waals surface area contributed by atoms with Gasteiger partial charge >= 0.3 is 0 Å². The molecule has 0 bridgehead atoms. The van der Waals surface area contributed by atoms with Gasteiger partial charge in [0.2, 0.25) is 5.91 Å². The summed E-state index contributed by atoms with van der Waals surface area (Å²) in [6.07, 6.45) is 2.53. The summed E-state index contributed by atoms with van der Waals surface area (Å²) >= 11 is 5.05. The molecule has 0 saturated heterocycles. The Bertz CT molecular complexity index is 799. The fraction of sp³-hybridized carbons (Fsp3) is 0.333. The number of hydrogen-bond acceptors (Lipinski definition) is 5. The van der Waals surface area contributed by atoms with E-state index in [2.05, 4.69) is 33.4 Å². The number of benzene rings is 2. The van der Waals surface area contributed by atoms with Crippen molar-refractivity contribution in [2.24, 2.45) is 5.10 Å². The summed E-state index contributed by atoms with van der Waals surface area (Å²) in [6, 6.07) is 13.6. The Labute approximate surface area is 179 Å². The number of hydrogen-bond donors (Lipinski definition) is 1. The first kappa shape index (κ1) is 22.3. The van der Waals surface area contributed by atoms with E-state index in [1.54, 1.807) is 18.0 Å². The van der Waals surface area contributed by atoms with Gasteiger partial charge in [0.15, 0.2) is 11.5 Å². The second-order valence-corrected chi connectivity index (χ2v) is 7.70. The third-order valence-electron chi connectivity index (χ3n) is 3.58. The van der Waals surface area contributed by atoms with Crippen molar-refractivity contribution in [1.29, 1.82) is 0 Å². The van der Waals surface area contributed by atoms with Gasteiger partial charge in [0.25, 0.3) is 0 Å². The minimum atomic E-state index is -0.138. The fourth-order valence-corrected chi connectivity index (χ4v) is 3.72. The van der Waals surface area contributed by atoms with Crippen molar-refractivity contribution < 1.29 is 14.3 Å². The van der Waals surface area contributed by atoms with Crippen molar-refractivity contribution in [3.05, 3.63) is 58.1 Å². The molecule has 5 nitrogen and oxygen atoms in total. The van der Waals surface area contributed by atoms with Crippen LogP contribution in [0.1, 0.15) is 31.4 Å². The largest absolute Gasteiger partial charge is 0.490 e. The van der Waals surface area contributed by atoms with Crippen LogP contribution in [0.25, 0.3) is 0 Å². The Balaban J connectivity index is 1.83. The molecule has 0 aliphatic heterocycles. The quantitative estimate of drug-likeness (QED) is 0.374. The molecule has 2 rings (SSSR count). The lowest BCUT2D eigenvalue weighted by atomic mass is 10.2. The average molecular weight is 465 g/mol. The van der Waals surface area contributed by atoms with Crippen molar-refractivity contribution in [2.45, 2.75) is 26.0 Å². The lowest BCUT2D eigenvalue weighted by molar-refractivity contribution is -0.118. The van der Waals surface area contributed by atoms with Crippen molar-refractivity contribution in [3.63, 3.8) is 0 Å². The molecule has 1 N–H and O–H groups in total. The Morgan fingerprint density at radius 2 is 2.00 bits per heavy atom. The molecule has 2 aromatic carbocycles. The maximum absolute atomic E-state index is 11.9. The SMILES string of the molecule is CCCOc1ccc(C=NNC(=O)CSCc2ccccc2Br)cc1OCC. The minimum Gasteiger partial charge on any atom is -0.490 e. The minimum absolute atomic E-state index is 0.138. The lowest BCUT2D eigenvalue weighted by Gasteiger charge is -2.11. The third kappa shape index (κ3) is 7.56. The summed E-state index contributed by atoms with van der Waals surface area (Å²) in [5.74, 6) is 2.35. The number of halogens is 1. The molecule has 0 heterocycles. The summed E-state index contributed by atoms with van der Waals surface area (Å²) in [4.78, 5) is 11.9. The molecule has 1 amide bonds. The first-order valence-electron chi connectivity index (χ1n) is 9.16. The van der Waals surface area contributed by atoms with Gasteiger partial charge < -0.3 is 9.47 Å². The number of nitrogens with zero attached hydrogens (tertiary/aromatic N) is 1. The van der Waals surface area contributed by atoms with Crippen molar-refractivity contribution in [2.75, 3.05) is 19.0 Å². The zero-order valence-corrected chi connectivity index (χ0v) is 18.5. The number of amides is 1. The molecular weight excluding hydrogens is 440 g/mol. The first-order valence-corrected chi connectivity index (χ1v) is 11.1. The smallest absolute Gasteiger partial charge is 0.250 e. The topological polar surface area (TPSA) is 59.9 Å². The van der Waals surface area contributed by atoms with Crippen LogP contribution in [-0.2, 0) is 10.5 Å². The second kappa shape index (κ2) is 12.5. The molecule has 0 aliphatic carbocycles. The van der Waals surface area contributed by atoms with Gasteiger partial charge in [-0.3, -0.25) is 4.79 Å².